The third kappa shape index (κ3) is 3.76. The van der Waals surface area contributed by atoms with Crippen molar-refractivity contribution in [2.45, 2.75) is 56.9 Å². The Kier molecular flexibility index (Phi) is 4.66. The first-order chi connectivity index (χ1) is 11.3. The summed E-state index contributed by atoms with van der Waals surface area (Å²) >= 11 is 0. The third-order valence-corrected chi connectivity index (χ3v) is 5.07. The first kappa shape index (κ1) is 15.6. The van der Waals surface area contributed by atoms with Crippen molar-refractivity contribution in [1.29, 1.82) is 0 Å². The molecule has 2 fully saturated rings. The molecule has 1 N–H and O–H groups in total. The van der Waals surface area contributed by atoms with E-state index in [1.54, 1.807) is 0 Å². The zero-order chi connectivity index (χ0) is 15.6. The van der Waals surface area contributed by atoms with Crippen molar-refractivity contribution < 1.29 is 14.6 Å². The van der Waals surface area contributed by atoms with Crippen LogP contribution in [0.25, 0.3) is 0 Å². The van der Waals surface area contributed by atoms with E-state index < -0.39 is 6.10 Å². The predicted molar refractivity (Wildman–Crippen MR) is 85.3 cm³/mol. The van der Waals surface area contributed by atoms with Crippen LogP contribution in [0, 0.1) is 0 Å². The van der Waals surface area contributed by atoms with E-state index in [0.717, 1.165) is 39.0 Å². The normalized spacial score (nSPS) is 26.4. The molecule has 0 radical (unpaired) electrons. The second kappa shape index (κ2) is 6.89. The number of rotatable bonds is 7. The van der Waals surface area contributed by atoms with Crippen LogP contribution in [-0.4, -0.2) is 64.7 Å². The van der Waals surface area contributed by atoms with Crippen LogP contribution < -0.4 is 0 Å². The zero-order valence-electron chi connectivity index (χ0n) is 13.7. The minimum Gasteiger partial charge on any atom is -0.389 e. The van der Waals surface area contributed by atoms with Gasteiger partial charge in [-0.05, 0) is 25.7 Å². The fourth-order valence-electron chi connectivity index (χ4n) is 3.67. The molecule has 3 heterocycles. The Morgan fingerprint density at radius 3 is 3.09 bits per heavy atom. The molecule has 1 saturated carbocycles. The van der Waals surface area contributed by atoms with Gasteiger partial charge in [0.2, 0.25) is 0 Å². The highest BCUT2D eigenvalue weighted by molar-refractivity contribution is 5.18. The fraction of sp³-hybridized carbons (Fsp3) is 0.824. The van der Waals surface area contributed by atoms with Crippen LogP contribution in [0.4, 0.5) is 0 Å². The quantitative estimate of drug-likeness (QED) is 0.816. The largest absolute Gasteiger partial charge is 0.389 e. The molecule has 1 aliphatic carbocycles. The van der Waals surface area contributed by atoms with Crippen molar-refractivity contribution in [1.82, 2.24) is 14.5 Å². The van der Waals surface area contributed by atoms with E-state index in [1.165, 1.54) is 24.2 Å². The second-order valence-corrected chi connectivity index (χ2v) is 7.09. The van der Waals surface area contributed by atoms with Crippen LogP contribution in [0.5, 0.6) is 0 Å². The van der Waals surface area contributed by atoms with E-state index in [0.29, 0.717) is 25.8 Å². The molecule has 6 nitrogen and oxygen atoms in total. The Morgan fingerprint density at radius 1 is 1.39 bits per heavy atom. The lowest BCUT2D eigenvalue weighted by Crippen LogP contribution is -2.39. The molecule has 0 spiro atoms. The molecule has 6 heteroatoms. The monoisotopic (exact) mass is 321 g/mol. The first-order valence-electron chi connectivity index (χ1n) is 8.94. The van der Waals surface area contributed by atoms with E-state index in [-0.39, 0.29) is 6.10 Å². The van der Waals surface area contributed by atoms with Crippen molar-refractivity contribution in [3.63, 3.8) is 0 Å². The number of imidazole rings is 1. The molecule has 0 bridgehead atoms. The maximum atomic E-state index is 10.2. The molecule has 23 heavy (non-hydrogen) atoms. The molecule has 4 rings (SSSR count). The number of aliphatic hydroxyl groups excluding tert-OH is 1. The highest BCUT2D eigenvalue weighted by atomic mass is 16.5. The van der Waals surface area contributed by atoms with Crippen LogP contribution in [0.3, 0.4) is 0 Å². The van der Waals surface area contributed by atoms with Crippen LogP contribution in [0.15, 0.2) is 6.33 Å². The second-order valence-electron chi connectivity index (χ2n) is 7.09. The summed E-state index contributed by atoms with van der Waals surface area (Å²) in [6.45, 7) is 4.33. The average molecular weight is 321 g/mol. The zero-order valence-corrected chi connectivity index (χ0v) is 13.7. The summed E-state index contributed by atoms with van der Waals surface area (Å²) in [4.78, 5) is 6.87. The topological polar surface area (TPSA) is 59.8 Å². The number of aliphatic hydroxyl groups is 1. The number of ether oxygens (including phenoxy) is 2. The van der Waals surface area contributed by atoms with Gasteiger partial charge in [-0.15, -0.1) is 0 Å². The molecule has 1 aromatic heterocycles. The number of hydrogen-bond donors (Lipinski definition) is 1. The number of nitrogens with zero attached hydrogens (tertiary/aromatic N) is 3. The minimum absolute atomic E-state index is 0.228. The minimum atomic E-state index is -0.441. The third-order valence-electron chi connectivity index (χ3n) is 5.07. The molecule has 1 saturated heterocycles. The summed E-state index contributed by atoms with van der Waals surface area (Å²) in [5.74, 6) is 0. The molecule has 0 amide bonds. The molecule has 128 valence electrons. The van der Waals surface area contributed by atoms with Gasteiger partial charge >= 0.3 is 0 Å². The maximum absolute atomic E-state index is 10.2. The van der Waals surface area contributed by atoms with Gasteiger partial charge in [-0.25, -0.2) is 4.98 Å². The Morgan fingerprint density at radius 2 is 2.30 bits per heavy atom. The predicted octanol–water partition coefficient (Wildman–Crippen LogP) is 1.13. The number of β-amino-alcohol motifs (C(OH)–C–C–N with tert-alkyl or cyclic N) is 1. The van der Waals surface area contributed by atoms with Gasteiger partial charge in [-0.1, -0.05) is 0 Å². The molecule has 2 aliphatic heterocycles. The Bertz CT molecular complexity index is 523. The Hall–Kier alpha value is -0.950. The lowest BCUT2D eigenvalue weighted by molar-refractivity contribution is -0.0262. The van der Waals surface area contributed by atoms with Gasteiger partial charge in [0, 0.05) is 44.4 Å². The van der Waals surface area contributed by atoms with Gasteiger partial charge < -0.3 is 19.1 Å². The maximum Gasteiger partial charge on any atom is 0.0954 e. The number of fused-ring (bicyclic) bond motifs is 1. The highest BCUT2D eigenvalue weighted by Crippen LogP contribution is 2.37. The van der Waals surface area contributed by atoms with E-state index in [4.69, 9.17) is 9.47 Å². The van der Waals surface area contributed by atoms with Crippen LogP contribution >= 0.6 is 0 Å². The summed E-state index contributed by atoms with van der Waals surface area (Å²) in [5.41, 5.74) is 2.60. The lowest BCUT2D eigenvalue weighted by Gasteiger charge is -2.29. The molecule has 2 atom stereocenters. The summed E-state index contributed by atoms with van der Waals surface area (Å²) < 4.78 is 13.5. The Labute approximate surface area is 137 Å². The van der Waals surface area contributed by atoms with Gasteiger partial charge in [0.25, 0.3) is 0 Å². The molecule has 3 aliphatic rings. The van der Waals surface area contributed by atoms with Crippen molar-refractivity contribution in [3.8, 4) is 0 Å². The number of hydrogen-bond acceptors (Lipinski definition) is 5. The van der Waals surface area contributed by atoms with Crippen LogP contribution in [0.2, 0.25) is 0 Å². The van der Waals surface area contributed by atoms with Crippen molar-refractivity contribution in [2.75, 3.05) is 32.9 Å². The van der Waals surface area contributed by atoms with Gasteiger partial charge in [0.15, 0.2) is 0 Å². The first-order valence-corrected chi connectivity index (χ1v) is 8.94. The van der Waals surface area contributed by atoms with Crippen molar-refractivity contribution in [2.24, 2.45) is 0 Å². The fourth-order valence-corrected chi connectivity index (χ4v) is 3.67. The summed E-state index contributed by atoms with van der Waals surface area (Å²) in [7, 11) is 0. The summed E-state index contributed by atoms with van der Waals surface area (Å²) in [5, 5.41) is 10.2. The molecule has 0 unspecified atom stereocenters. The summed E-state index contributed by atoms with van der Waals surface area (Å²) in [6.07, 6.45) is 7.63. The molecule has 0 aromatic carbocycles. The van der Waals surface area contributed by atoms with Crippen molar-refractivity contribution >= 4 is 0 Å². The van der Waals surface area contributed by atoms with E-state index >= 15 is 0 Å². The van der Waals surface area contributed by atoms with Gasteiger partial charge in [0.05, 0.1) is 37.4 Å². The molecular weight excluding hydrogens is 294 g/mol. The SMILES string of the molecule is O[C@@H](COC[C@@H]1CCCO1)CN1CCc2c(ncn2C2CC2)C1. The van der Waals surface area contributed by atoms with Crippen LogP contribution in [0.1, 0.15) is 43.1 Å². The average Bonchev–Trinajstić information content (AvgIpc) is 3.09. The van der Waals surface area contributed by atoms with Gasteiger partial charge in [0.1, 0.15) is 0 Å². The van der Waals surface area contributed by atoms with E-state index in [2.05, 4.69) is 14.5 Å². The smallest absolute Gasteiger partial charge is 0.0954 e. The van der Waals surface area contributed by atoms with Gasteiger partial charge in [-0.2, -0.15) is 0 Å². The molecular formula is C17H27N3O3. The summed E-state index contributed by atoms with van der Waals surface area (Å²) in [6, 6.07) is 0.703. The van der Waals surface area contributed by atoms with Gasteiger partial charge in [-0.3, -0.25) is 4.90 Å². The van der Waals surface area contributed by atoms with E-state index in [1.807, 2.05) is 6.33 Å². The van der Waals surface area contributed by atoms with Crippen molar-refractivity contribution in [3.05, 3.63) is 17.7 Å². The lowest BCUT2D eigenvalue weighted by atomic mass is 10.1. The highest BCUT2D eigenvalue weighted by Gasteiger charge is 2.29. The number of aromatic nitrogens is 2. The molecule has 1 aromatic rings. The van der Waals surface area contributed by atoms with Crippen LogP contribution in [-0.2, 0) is 22.4 Å². The van der Waals surface area contributed by atoms with E-state index in [9.17, 15) is 5.11 Å². The standard InChI is InChI=1S/C17H27N3O3/c21-14(10-22-11-15-2-1-7-23-15)8-19-6-5-17-16(9-19)18-12-20(17)13-3-4-13/h12-15,21H,1-11H2/t14-,15+/m1/s1. The Balaban J connectivity index is 1.21.